The molecule has 1 N–H and O–H groups in total. The van der Waals surface area contributed by atoms with E-state index in [1.807, 2.05) is 6.92 Å². The number of unbranched alkanes of at least 4 members (excludes halogenated alkanes) is 1. The van der Waals surface area contributed by atoms with Crippen LogP contribution in [-0.4, -0.2) is 23.4 Å². The van der Waals surface area contributed by atoms with Crippen LogP contribution in [0.4, 0.5) is 5.69 Å². The lowest BCUT2D eigenvalue weighted by molar-refractivity contribution is -0.119. The van der Waals surface area contributed by atoms with Crippen molar-refractivity contribution in [2.45, 2.75) is 45.6 Å². The Morgan fingerprint density at radius 1 is 0.923 bits per heavy atom. The summed E-state index contributed by atoms with van der Waals surface area (Å²) in [5.41, 5.74) is 2.21. The van der Waals surface area contributed by atoms with E-state index in [-0.39, 0.29) is 23.4 Å². The summed E-state index contributed by atoms with van der Waals surface area (Å²) in [6.45, 7) is 3.92. The summed E-state index contributed by atoms with van der Waals surface area (Å²) in [6.07, 6.45) is 3.07. The minimum Gasteiger partial charge on any atom is -0.375 e. The van der Waals surface area contributed by atoms with Gasteiger partial charge < -0.3 is 5.32 Å². The van der Waals surface area contributed by atoms with Crippen LogP contribution in [0.1, 0.15) is 71.4 Å². The monoisotopic (exact) mass is 349 g/mol. The minimum atomic E-state index is -0.341. The molecule has 0 spiro atoms. The van der Waals surface area contributed by atoms with E-state index in [1.54, 1.807) is 42.5 Å². The van der Waals surface area contributed by atoms with Gasteiger partial charge in [0.2, 0.25) is 0 Å². The Kier molecular flexibility index (Phi) is 5.31. The summed E-state index contributed by atoms with van der Waals surface area (Å²) >= 11 is 0. The molecule has 4 nitrogen and oxygen atoms in total. The Morgan fingerprint density at radius 3 is 2.23 bits per heavy atom. The molecule has 0 radical (unpaired) electrons. The third-order valence-electron chi connectivity index (χ3n) is 4.87. The molecule has 1 unspecified atom stereocenters. The highest BCUT2D eigenvalue weighted by atomic mass is 16.1. The Balaban J connectivity index is 2.02. The molecule has 4 heteroatoms. The average molecular weight is 349 g/mol. The third kappa shape index (κ3) is 3.19. The van der Waals surface area contributed by atoms with E-state index in [0.29, 0.717) is 40.8 Å². The van der Waals surface area contributed by atoms with Gasteiger partial charge in [-0.1, -0.05) is 63.1 Å². The van der Waals surface area contributed by atoms with Crippen molar-refractivity contribution in [3.63, 3.8) is 0 Å². The average Bonchev–Trinajstić information content (AvgIpc) is 2.68. The number of hydrogen-bond donors (Lipinski definition) is 1. The van der Waals surface area contributed by atoms with Gasteiger partial charge in [0.1, 0.15) is 0 Å². The molecular formula is C22H23NO3. The summed E-state index contributed by atoms with van der Waals surface area (Å²) in [4.78, 5) is 38.2. The Bertz CT molecular complexity index is 869. The predicted octanol–water partition coefficient (Wildman–Crippen LogP) is 4.41. The maximum atomic E-state index is 13.0. The molecule has 0 amide bonds. The van der Waals surface area contributed by atoms with Crippen LogP contribution < -0.4 is 5.32 Å². The standard InChI is InChI=1S/C22H23NO3/c1-3-5-12-17(19(24)4-2)23-18-13-8-11-16-20(18)22(26)15-10-7-6-9-14(15)21(16)25/h6-11,13,17,23H,3-5,12H2,1-2H3. The number of nitrogens with one attached hydrogen (secondary N) is 1. The fourth-order valence-electron chi connectivity index (χ4n) is 3.42. The maximum absolute atomic E-state index is 13.0. The van der Waals surface area contributed by atoms with Crippen molar-refractivity contribution >= 4 is 23.0 Å². The van der Waals surface area contributed by atoms with Gasteiger partial charge in [-0.25, -0.2) is 0 Å². The highest BCUT2D eigenvalue weighted by molar-refractivity contribution is 6.30. The molecule has 0 fully saturated rings. The second-order valence-corrected chi connectivity index (χ2v) is 6.59. The summed E-state index contributed by atoms with van der Waals surface area (Å²) in [5.74, 6) is -0.201. The van der Waals surface area contributed by atoms with E-state index in [1.165, 1.54) is 0 Å². The molecule has 134 valence electrons. The summed E-state index contributed by atoms with van der Waals surface area (Å²) < 4.78 is 0. The molecule has 0 aliphatic heterocycles. The molecule has 0 saturated carbocycles. The lowest BCUT2D eigenvalue weighted by Gasteiger charge is -2.24. The van der Waals surface area contributed by atoms with Crippen molar-refractivity contribution < 1.29 is 14.4 Å². The van der Waals surface area contributed by atoms with E-state index in [0.717, 1.165) is 12.8 Å². The molecule has 1 aliphatic rings. The molecule has 3 rings (SSSR count). The molecule has 0 saturated heterocycles. The van der Waals surface area contributed by atoms with Gasteiger partial charge in [0.15, 0.2) is 17.3 Å². The van der Waals surface area contributed by atoms with Crippen molar-refractivity contribution in [1.82, 2.24) is 0 Å². The summed E-state index contributed by atoms with van der Waals surface area (Å²) in [6, 6.07) is 11.8. The van der Waals surface area contributed by atoms with Gasteiger partial charge in [-0.2, -0.15) is 0 Å². The van der Waals surface area contributed by atoms with E-state index in [4.69, 9.17) is 0 Å². The van der Waals surface area contributed by atoms with E-state index in [2.05, 4.69) is 12.2 Å². The number of hydrogen-bond acceptors (Lipinski definition) is 4. The normalized spacial score (nSPS) is 13.8. The number of rotatable bonds is 7. The van der Waals surface area contributed by atoms with Crippen molar-refractivity contribution in [1.29, 1.82) is 0 Å². The van der Waals surface area contributed by atoms with Gasteiger partial charge in [0.05, 0.1) is 11.6 Å². The van der Waals surface area contributed by atoms with Crippen molar-refractivity contribution in [2.75, 3.05) is 5.32 Å². The molecule has 0 bridgehead atoms. The summed E-state index contributed by atoms with van der Waals surface area (Å²) in [5, 5.41) is 3.25. The van der Waals surface area contributed by atoms with E-state index >= 15 is 0 Å². The molecule has 0 heterocycles. The molecule has 1 aliphatic carbocycles. The van der Waals surface area contributed by atoms with Crippen molar-refractivity contribution in [2.24, 2.45) is 0 Å². The van der Waals surface area contributed by atoms with Crippen LogP contribution in [0.2, 0.25) is 0 Å². The number of ketones is 3. The molecule has 0 aromatic heterocycles. The number of anilines is 1. The second-order valence-electron chi connectivity index (χ2n) is 6.59. The molecule has 2 aromatic rings. The first kappa shape index (κ1) is 18.1. The predicted molar refractivity (Wildman–Crippen MR) is 102 cm³/mol. The number of carbonyl (C=O) groups excluding carboxylic acids is 3. The van der Waals surface area contributed by atoms with Gasteiger partial charge in [0.25, 0.3) is 0 Å². The summed E-state index contributed by atoms with van der Waals surface area (Å²) in [7, 11) is 0. The Morgan fingerprint density at radius 2 is 1.58 bits per heavy atom. The van der Waals surface area contributed by atoms with Crippen LogP contribution >= 0.6 is 0 Å². The van der Waals surface area contributed by atoms with Crippen LogP contribution in [0.15, 0.2) is 42.5 Å². The van der Waals surface area contributed by atoms with E-state index in [9.17, 15) is 14.4 Å². The molecular weight excluding hydrogens is 326 g/mol. The fourth-order valence-corrected chi connectivity index (χ4v) is 3.42. The third-order valence-corrected chi connectivity index (χ3v) is 4.87. The lowest BCUT2D eigenvalue weighted by Crippen LogP contribution is -2.31. The SMILES string of the molecule is CCCCC(Nc1cccc2c1C(=O)c1ccccc1C2=O)C(=O)CC. The quantitative estimate of drug-likeness (QED) is 0.686. The van der Waals surface area contributed by atoms with E-state index < -0.39 is 0 Å². The maximum Gasteiger partial charge on any atom is 0.196 e. The first-order valence-electron chi connectivity index (χ1n) is 9.19. The minimum absolute atomic E-state index is 0.117. The smallest absolute Gasteiger partial charge is 0.196 e. The van der Waals surface area contributed by atoms with Crippen LogP contribution in [0.25, 0.3) is 0 Å². The highest BCUT2D eigenvalue weighted by Crippen LogP contribution is 2.32. The first-order chi connectivity index (χ1) is 12.6. The Labute approximate surface area is 153 Å². The molecule has 2 aromatic carbocycles. The van der Waals surface area contributed by atoms with Gasteiger partial charge in [-0.05, 0) is 12.5 Å². The largest absolute Gasteiger partial charge is 0.375 e. The molecule has 1 atom stereocenters. The van der Waals surface area contributed by atoms with Gasteiger partial charge in [0, 0.05) is 28.8 Å². The van der Waals surface area contributed by atoms with Crippen molar-refractivity contribution in [3.8, 4) is 0 Å². The number of carbonyl (C=O) groups is 3. The zero-order valence-corrected chi connectivity index (χ0v) is 15.2. The molecule has 26 heavy (non-hydrogen) atoms. The zero-order valence-electron chi connectivity index (χ0n) is 15.2. The number of Topliss-reactive ketones (excluding diaryl/α,β-unsaturated/α-hetero) is 1. The highest BCUT2D eigenvalue weighted by Gasteiger charge is 2.32. The number of fused-ring (bicyclic) bond motifs is 2. The van der Waals surface area contributed by atoms with Crippen LogP contribution in [0.5, 0.6) is 0 Å². The zero-order chi connectivity index (χ0) is 18.7. The topological polar surface area (TPSA) is 63.2 Å². The Hall–Kier alpha value is -2.75. The van der Waals surface area contributed by atoms with Crippen LogP contribution in [0.3, 0.4) is 0 Å². The van der Waals surface area contributed by atoms with Crippen LogP contribution in [-0.2, 0) is 4.79 Å². The fraction of sp³-hybridized carbons (Fsp3) is 0.318. The van der Waals surface area contributed by atoms with Crippen LogP contribution in [0, 0.1) is 0 Å². The number of benzene rings is 2. The first-order valence-corrected chi connectivity index (χ1v) is 9.19. The second kappa shape index (κ2) is 7.65. The lowest BCUT2D eigenvalue weighted by atomic mass is 9.83. The van der Waals surface area contributed by atoms with Gasteiger partial charge >= 0.3 is 0 Å². The van der Waals surface area contributed by atoms with Gasteiger partial charge in [-0.15, -0.1) is 0 Å². The van der Waals surface area contributed by atoms with Gasteiger partial charge in [-0.3, -0.25) is 14.4 Å². The van der Waals surface area contributed by atoms with Crippen molar-refractivity contribution in [3.05, 3.63) is 64.7 Å².